The Kier molecular flexibility index (Phi) is 6.91. The lowest BCUT2D eigenvalue weighted by Gasteiger charge is -2.37. The van der Waals surface area contributed by atoms with Crippen LogP contribution in [0.4, 0.5) is 5.69 Å². The number of hydrogen-bond donors (Lipinski definition) is 1. The molecule has 162 valence electrons. The van der Waals surface area contributed by atoms with Crippen molar-refractivity contribution in [2.75, 3.05) is 45.6 Å². The minimum Gasteiger partial charge on any atom is -0.335 e. The fourth-order valence-corrected chi connectivity index (χ4v) is 4.86. The zero-order chi connectivity index (χ0) is 21.9. The van der Waals surface area contributed by atoms with Crippen LogP contribution in [0.3, 0.4) is 0 Å². The number of carbonyl (C=O) groups excluding carboxylic acids is 2. The number of nitrogens with zero attached hydrogens (tertiary/aromatic N) is 3. The summed E-state index contributed by atoms with van der Waals surface area (Å²) >= 11 is 1.43. The number of piperazine rings is 1. The third-order valence-electron chi connectivity index (χ3n) is 5.14. The van der Waals surface area contributed by atoms with Crippen molar-refractivity contribution in [1.29, 1.82) is 0 Å². The van der Waals surface area contributed by atoms with Gasteiger partial charge < -0.3 is 10.2 Å². The monoisotopic (exact) mass is 450 g/mol. The second-order valence-corrected chi connectivity index (χ2v) is 10.4. The quantitative estimate of drug-likeness (QED) is 0.725. The fourth-order valence-electron chi connectivity index (χ4n) is 3.23. The molecule has 3 rings (SSSR count). The highest BCUT2D eigenvalue weighted by Crippen LogP contribution is 2.19. The van der Waals surface area contributed by atoms with Crippen LogP contribution in [0.25, 0.3) is 0 Å². The lowest BCUT2D eigenvalue weighted by atomic mass is 10.2. The second kappa shape index (κ2) is 9.25. The van der Waals surface area contributed by atoms with Crippen molar-refractivity contribution in [2.24, 2.45) is 0 Å². The van der Waals surface area contributed by atoms with E-state index in [-0.39, 0.29) is 16.7 Å². The van der Waals surface area contributed by atoms with Crippen LogP contribution in [0.5, 0.6) is 0 Å². The molecular weight excluding hydrogens is 424 g/mol. The van der Waals surface area contributed by atoms with Gasteiger partial charge in [0.25, 0.3) is 5.91 Å². The number of benzene rings is 1. The summed E-state index contributed by atoms with van der Waals surface area (Å²) in [6.07, 6.45) is 0. The predicted molar refractivity (Wildman–Crippen MR) is 117 cm³/mol. The summed E-state index contributed by atoms with van der Waals surface area (Å²) in [7, 11) is -0.646. The van der Waals surface area contributed by atoms with Crippen molar-refractivity contribution in [3.63, 3.8) is 0 Å². The Hall–Kier alpha value is -2.27. The SMILES string of the molecule is CC(C(=O)Nc1cccc(S(=O)(=O)N(C)C)c1)N1CCN(C(=O)c2cccs2)CC1. The highest BCUT2D eigenvalue weighted by molar-refractivity contribution is 7.89. The van der Waals surface area contributed by atoms with Crippen LogP contribution < -0.4 is 5.32 Å². The first-order chi connectivity index (χ1) is 14.2. The zero-order valence-electron chi connectivity index (χ0n) is 17.2. The molecule has 1 aliphatic rings. The van der Waals surface area contributed by atoms with Gasteiger partial charge in [0.2, 0.25) is 15.9 Å². The molecular formula is C20H26N4O4S2. The maximum absolute atomic E-state index is 12.7. The summed E-state index contributed by atoms with van der Waals surface area (Å²) in [5.74, 6) is -0.187. The van der Waals surface area contributed by atoms with Crippen LogP contribution in [0.2, 0.25) is 0 Å². The Bertz CT molecular complexity index is 998. The minimum atomic E-state index is -3.57. The number of anilines is 1. The summed E-state index contributed by atoms with van der Waals surface area (Å²) in [5.41, 5.74) is 0.432. The molecule has 1 aliphatic heterocycles. The van der Waals surface area contributed by atoms with Gasteiger partial charge in [-0.25, -0.2) is 12.7 Å². The van der Waals surface area contributed by atoms with Gasteiger partial charge in [0.05, 0.1) is 15.8 Å². The van der Waals surface area contributed by atoms with Crippen LogP contribution in [-0.4, -0.2) is 80.7 Å². The molecule has 2 aromatic rings. The van der Waals surface area contributed by atoms with Crippen molar-refractivity contribution in [3.8, 4) is 0 Å². The molecule has 30 heavy (non-hydrogen) atoms. The summed E-state index contributed by atoms with van der Waals surface area (Å²) in [4.78, 5) is 29.9. The lowest BCUT2D eigenvalue weighted by molar-refractivity contribution is -0.121. The molecule has 0 bridgehead atoms. The topological polar surface area (TPSA) is 90.0 Å². The van der Waals surface area contributed by atoms with Crippen molar-refractivity contribution in [1.82, 2.24) is 14.1 Å². The Morgan fingerprint density at radius 1 is 1.10 bits per heavy atom. The number of sulfonamides is 1. The molecule has 1 saturated heterocycles. The Morgan fingerprint density at radius 3 is 2.40 bits per heavy atom. The van der Waals surface area contributed by atoms with Crippen LogP contribution in [-0.2, 0) is 14.8 Å². The Labute approximate surface area is 181 Å². The molecule has 8 nitrogen and oxygen atoms in total. The third kappa shape index (κ3) is 4.89. The lowest BCUT2D eigenvalue weighted by Crippen LogP contribution is -2.53. The molecule has 2 heterocycles. The van der Waals surface area contributed by atoms with E-state index in [1.807, 2.05) is 34.2 Å². The molecule has 0 saturated carbocycles. The van der Waals surface area contributed by atoms with E-state index >= 15 is 0 Å². The number of thiophene rings is 1. The number of rotatable bonds is 6. The maximum Gasteiger partial charge on any atom is 0.264 e. The molecule has 2 amide bonds. The fraction of sp³-hybridized carbons (Fsp3) is 0.400. The summed E-state index contributed by atoms with van der Waals surface area (Å²) in [6, 6.07) is 9.50. The molecule has 1 N–H and O–H groups in total. The standard InChI is InChI=1S/C20H26N4O4S2/c1-15(23-9-11-24(12-10-23)20(26)18-8-5-13-29-18)19(25)21-16-6-4-7-17(14-16)30(27,28)22(2)3/h4-8,13-15H,9-12H2,1-3H3,(H,21,25). The van der Waals surface area contributed by atoms with Crippen LogP contribution >= 0.6 is 11.3 Å². The largest absolute Gasteiger partial charge is 0.335 e. The van der Waals surface area contributed by atoms with Gasteiger partial charge in [-0.15, -0.1) is 11.3 Å². The average Bonchev–Trinajstić information content (AvgIpc) is 3.27. The highest BCUT2D eigenvalue weighted by Gasteiger charge is 2.28. The van der Waals surface area contributed by atoms with E-state index in [4.69, 9.17) is 0 Å². The molecule has 1 atom stereocenters. The molecule has 0 aliphatic carbocycles. The van der Waals surface area contributed by atoms with Gasteiger partial charge in [-0.1, -0.05) is 12.1 Å². The number of nitrogens with one attached hydrogen (secondary N) is 1. The number of carbonyl (C=O) groups is 2. The highest BCUT2D eigenvalue weighted by atomic mass is 32.2. The molecule has 0 spiro atoms. The van der Waals surface area contributed by atoms with Crippen molar-refractivity contribution in [2.45, 2.75) is 17.9 Å². The minimum absolute atomic E-state index is 0.0284. The first-order valence-electron chi connectivity index (χ1n) is 9.60. The maximum atomic E-state index is 12.7. The smallest absolute Gasteiger partial charge is 0.264 e. The molecule has 1 aromatic heterocycles. The Balaban J connectivity index is 1.59. The summed E-state index contributed by atoms with van der Waals surface area (Å²) in [6.45, 7) is 4.13. The third-order valence-corrected chi connectivity index (χ3v) is 7.81. The van der Waals surface area contributed by atoms with E-state index in [0.29, 0.717) is 31.9 Å². The molecule has 1 unspecified atom stereocenters. The van der Waals surface area contributed by atoms with Gasteiger partial charge in [-0.05, 0) is 36.6 Å². The molecule has 0 radical (unpaired) electrons. The first-order valence-corrected chi connectivity index (χ1v) is 11.9. The van der Waals surface area contributed by atoms with Gasteiger partial charge in [0, 0.05) is 46.0 Å². The van der Waals surface area contributed by atoms with Gasteiger partial charge >= 0.3 is 0 Å². The van der Waals surface area contributed by atoms with Crippen LogP contribution in [0.15, 0.2) is 46.7 Å². The molecule has 10 heteroatoms. The number of amides is 2. The van der Waals surface area contributed by atoms with Gasteiger partial charge in [-0.2, -0.15) is 0 Å². The van der Waals surface area contributed by atoms with Gasteiger partial charge in [0.15, 0.2) is 0 Å². The Morgan fingerprint density at radius 2 is 1.80 bits per heavy atom. The van der Waals surface area contributed by atoms with E-state index in [1.165, 1.54) is 37.6 Å². The van der Waals surface area contributed by atoms with Gasteiger partial charge in [-0.3, -0.25) is 14.5 Å². The zero-order valence-corrected chi connectivity index (χ0v) is 18.9. The van der Waals surface area contributed by atoms with Crippen LogP contribution in [0, 0.1) is 0 Å². The first kappa shape index (κ1) is 22.4. The van der Waals surface area contributed by atoms with E-state index in [9.17, 15) is 18.0 Å². The van der Waals surface area contributed by atoms with Crippen molar-refractivity contribution in [3.05, 3.63) is 46.7 Å². The van der Waals surface area contributed by atoms with Crippen molar-refractivity contribution >= 4 is 38.9 Å². The van der Waals surface area contributed by atoms with E-state index in [2.05, 4.69) is 5.32 Å². The van der Waals surface area contributed by atoms with Crippen LogP contribution in [0.1, 0.15) is 16.6 Å². The molecule has 1 aromatic carbocycles. The number of hydrogen-bond acceptors (Lipinski definition) is 6. The average molecular weight is 451 g/mol. The predicted octanol–water partition coefficient (Wildman–Crippen LogP) is 1.78. The van der Waals surface area contributed by atoms with E-state index in [1.54, 1.807) is 12.1 Å². The second-order valence-electron chi connectivity index (χ2n) is 7.29. The normalized spacial score (nSPS) is 16.5. The summed E-state index contributed by atoms with van der Waals surface area (Å²) < 4.78 is 25.7. The van der Waals surface area contributed by atoms with E-state index in [0.717, 1.165) is 9.18 Å². The van der Waals surface area contributed by atoms with E-state index < -0.39 is 16.1 Å². The van der Waals surface area contributed by atoms with Gasteiger partial charge in [0.1, 0.15) is 0 Å². The molecule has 1 fully saturated rings. The summed E-state index contributed by atoms with van der Waals surface area (Å²) in [5, 5.41) is 4.69. The van der Waals surface area contributed by atoms with Crippen molar-refractivity contribution < 1.29 is 18.0 Å².